The van der Waals surface area contributed by atoms with Crippen LogP contribution in [-0.2, 0) is 18.9 Å². The average molecular weight is 1040 g/mol. The van der Waals surface area contributed by atoms with Gasteiger partial charge in [0.15, 0.2) is 0 Å². The van der Waals surface area contributed by atoms with Crippen molar-refractivity contribution in [3.8, 4) is 0 Å². The Balaban J connectivity index is 0.000000125. The summed E-state index contributed by atoms with van der Waals surface area (Å²) in [7, 11) is 0. The van der Waals surface area contributed by atoms with E-state index in [-0.39, 0.29) is 97.6 Å². The SMILES string of the molecule is ClCCl.Fc1ccc2c(c1)C(F)COC2C1CCCC1.Fc1ccc2c(c1)C(F)COC2[C@@H]1CCCN1.Fc1ccc2c(c1)[C@@H](F)CO[C@H]2[C@@H]1CCCN1.Fc1ccc2c(c1)[C@H](F)CO[C@H]2[C@@H]1CCCN1. The molecule has 0 aromatic heterocycles. The topological polar surface area (TPSA) is 73.0 Å². The van der Waals surface area contributed by atoms with Crippen molar-refractivity contribution in [1.29, 1.82) is 0 Å². The lowest BCUT2D eigenvalue weighted by atomic mass is 9.88. The first-order valence-corrected chi connectivity index (χ1v) is 26.0. The molecule has 4 aromatic carbocycles. The Morgan fingerprint density at radius 1 is 0.380 bits per heavy atom. The molecule has 0 spiro atoms. The van der Waals surface area contributed by atoms with Crippen LogP contribution in [0.25, 0.3) is 0 Å². The second-order valence-electron chi connectivity index (χ2n) is 19.2. The summed E-state index contributed by atoms with van der Waals surface area (Å²) in [5, 5.41) is 10.3. The van der Waals surface area contributed by atoms with Gasteiger partial charge in [-0.3, -0.25) is 0 Å². The zero-order valence-electron chi connectivity index (χ0n) is 39.5. The molecule has 4 aromatic rings. The minimum atomic E-state index is -1.21. The van der Waals surface area contributed by atoms with Crippen LogP contribution in [0.15, 0.2) is 72.8 Å². The molecule has 1 aliphatic carbocycles. The van der Waals surface area contributed by atoms with Crippen molar-refractivity contribution in [3.63, 3.8) is 0 Å². The Labute approximate surface area is 421 Å². The van der Waals surface area contributed by atoms with Crippen molar-refractivity contribution in [2.75, 3.05) is 51.4 Å². The molecule has 0 amide bonds. The molecule has 7 nitrogen and oxygen atoms in total. The van der Waals surface area contributed by atoms with E-state index >= 15 is 0 Å². The quantitative estimate of drug-likeness (QED) is 0.139. The van der Waals surface area contributed by atoms with Gasteiger partial charge in [0.25, 0.3) is 0 Å². The highest BCUT2D eigenvalue weighted by atomic mass is 35.5. The molecular weight excluding hydrogens is 978 g/mol. The fourth-order valence-electron chi connectivity index (χ4n) is 11.3. The number of fused-ring (bicyclic) bond motifs is 4. The van der Waals surface area contributed by atoms with Crippen LogP contribution in [0, 0.1) is 29.2 Å². The number of halogens is 10. The molecule has 71 heavy (non-hydrogen) atoms. The highest BCUT2D eigenvalue weighted by molar-refractivity contribution is 6.40. The predicted octanol–water partition coefficient (Wildman–Crippen LogP) is 13.5. The van der Waals surface area contributed by atoms with Gasteiger partial charge >= 0.3 is 0 Å². The number of benzene rings is 4. The van der Waals surface area contributed by atoms with E-state index in [4.69, 9.17) is 42.1 Å². The van der Waals surface area contributed by atoms with E-state index in [2.05, 4.69) is 16.0 Å². The van der Waals surface area contributed by atoms with Gasteiger partial charge in [0.05, 0.1) is 56.2 Å². The summed E-state index contributed by atoms with van der Waals surface area (Å²) in [4.78, 5) is 0. The number of ether oxygens (including phenoxy) is 4. The summed E-state index contributed by atoms with van der Waals surface area (Å²) in [6, 6.07) is 18.1. The maximum atomic E-state index is 13.7. The van der Waals surface area contributed by atoms with E-state index in [9.17, 15) is 35.1 Å². The second-order valence-corrected chi connectivity index (χ2v) is 20.0. The van der Waals surface area contributed by atoms with E-state index in [0.717, 1.165) is 93.3 Å². The summed E-state index contributed by atoms with van der Waals surface area (Å²) < 4.78 is 130. The van der Waals surface area contributed by atoms with Gasteiger partial charge in [-0.25, -0.2) is 35.1 Å². The predicted molar refractivity (Wildman–Crippen MR) is 257 cm³/mol. The third kappa shape index (κ3) is 13.3. The normalized spacial score (nSPS) is 30.6. The van der Waals surface area contributed by atoms with Crippen molar-refractivity contribution in [2.24, 2.45) is 5.92 Å². The van der Waals surface area contributed by atoms with Crippen LogP contribution < -0.4 is 16.0 Å². The summed E-state index contributed by atoms with van der Waals surface area (Å²) in [6.45, 7) is 3.07. The lowest BCUT2D eigenvalue weighted by Gasteiger charge is -2.32. The van der Waals surface area contributed by atoms with E-state index in [0.29, 0.717) is 28.2 Å². The lowest BCUT2D eigenvalue weighted by Crippen LogP contribution is -2.34. The van der Waals surface area contributed by atoms with Gasteiger partial charge < -0.3 is 34.9 Å². The lowest BCUT2D eigenvalue weighted by molar-refractivity contribution is -0.0317. The minimum absolute atomic E-state index is 0.0271. The maximum Gasteiger partial charge on any atom is 0.149 e. The van der Waals surface area contributed by atoms with Crippen LogP contribution in [0.2, 0.25) is 0 Å². The van der Waals surface area contributed by atoms with Gasteiger partial charge in [0.1, 0.15) is 48.0 Å². The Morgan fingerprint density at radius 3 is 0.915 bits per heavy atom. The second kappa shape index (κ2) is 25.7. The third-order valence-electron chi connectivity index (χ3n) is 14.7. The van der Waals surface area contributed by atoms with Crippen LogP contribution in [0.5, 0.6) is 0 Å². The van der Waals surface area contributed by atoms with Crippen LogP contribution in [0.4, 0.5) is 35.1 Å². The van der Waals surface area contributed by atoms with E-state index in [1.807, 2.05) is 0 Å². The average Bonchev–Trinajstić information content (AvgIpc) is 4.24. The first-order valence-electron chi connectivity index (χ1n) is 25.0. The number of nitrogens with one attached hydrogen (secondary N) is 3. The van der Waals surface area contributed by atoms with Gasteiger partial charge in [-0.2, -0.15) is 0 Å². The minimum Gasteiger partial charge on any atom is -0.370 e. The molecule has 1 saturated carbocycles. The molecule has 12 rings (SSSR count). The molecule has 0 radical (unpaired) electrons. The zero-order chi connectivity index (χ0) is 50.0. The molecule has 17 heteroatoms. The molecule has 7 heterocycles. The summed E-state index contributed by atoms with van der Waals surface area (Å²) >= 11 is 9.53. The summed E-state index contributed by atoms with van der Waals surface area (Å²) in [6.07, 6.45) is 5.88. The molecule has 8 aliphatic rings. The molecule has 388 valence electrons. The maximum absolute atomic E-state index is 13.7. The zero-order valence-corrected chi connectivity index (χ0v) is 41.0. The van der Waals surface area contributed by atoms with Crippen LogP contribution in [0.1, 0.15) is 158 Å². The standard InChI is InChI=1S/C14H16F2O.3C13H15F2NO.CH2Cl2/c15-10-5-6-11-12(7-10)13(16)8-17-14(11)9-3-1-2-4-9;3*14-8-3-4-9-10(6-8)11(15)7-17-13(9)12-2-1-5-16-12;2-1-3/h5-7,9,13-14H,1-4,8H2;3*3-4,6,11-13,16H,1-2,5,7H2;1H2/t;11?,12-,13?;11-,12+,13-;11-,12-,13+;/m.010./s1. The van der Waals surface area contributed by atoms with Gasteiger partial charge in [-0.05, 0) is 170 Å². The Morgan fingerprint density at radius 2 is 0.648 bits per heavy atom. The Kier molecular flexibility index (Phi) is 19.5. The number of hydrogen-bond acceptors (Lipinski definition) is 7. The van der Waals surface area contributed by atoms with E-state index in [1.54, 1.807) is 24.3 Å². The largest absolute Gasteiger partial charge is 0.370 e. The molecule has 0 bridgehead atoms. The smallest absolute Gasteiger partial charge is 0.149 e. The molecule has 3 saturated heterocycles. The fourth-order valence-corrected chi connectivity index (χ4v) is 11.3. The highest BCUT2D eigenvalue weighted by Crippen LogP contribution is 2.45. The third-order valence-corrected chi connectivity index (χ3v) is 14.7. The first-order chi connectivity index (χ1) is 34.4. The van der Waals surface area contributed by atoms with Crippen molar-refractivity contribution in [1.82, 2.24) is 16.0 Å². The molecular formula is C54H63Cl2F8N3O4. The molecule has 3 N–H and O–H groups in total. The Hall–Kier alpha value is -3.38. The van der Waals surface area contributed by atoms with Crippen LogP contribution >= 0.6 is 23.2 Å². The number of hydrogen-bond donors (Lipinski definition) is 3. The monoisotopic (exact) mass is 1040 g/mol. The van der Waals surface area contributed by atoms with Gasteiger partial charge in [0.2, 0.25) is 0 Å². The molecule has 11 atom stereocenters. The molecule has 4 unspecified atom stereocenters. The van der Waals surface area contributed by atoms with Crippen molar-refractivity contribution >= 4 is 23.2 Å². The molecule has 7 aliphatic heterocycles. The highest BCUT2D eigenvalue weighted by Gasteiger charge is 2.38. The van der Waals surface area contributed by atoms with E-state index in [1.165, 1.54) is 61.4 Å². The number of alkyl halides is 6. The first kappa shape index (κ1) is 53.9. The number of rotatable bonds is 4. The Bertz CT molecular complexity index is 2020. The van der Waals surface area contributed by atoms with Crippen molar-refractivity contribution in [3.05, 3.63) is 141 Å². The fraction of sp³-hybridized carbons (Fsp3) is 0.556. The van der Waals surface area contributed by atoms with Gasteiger partial charge in [-0.15, -0.1) is 23.2 Å². The van der Waals surface area contributed by atoms with Crippen LogP contribution in [0.3, 0.4) is 0 Å². The van der Waals surface area contributed by atoms with E-state index < -0.39 is 24.7 Å². The van der Waals surface area contributed by atoms with Gasteiger partial charge in [0, 0.05) is 18.1 Å². The van der Waals surface area contributed by atoms with Crippen LogP contribution in [-0.4, -0.2) is 69.5 Å². The van der Waals surface area contributed by atoms with Crippen molar-refractivity contribution in [2.45, 2.75) is 131 Å². The summed E-state index contributed by atoms with van der Waals surface area (Å²) in [5.74, 6) is -1.03. The van der Waals surface area contributed by atoms with Crippen molar-refractivity contribution < 1.29 is 54.1 Å². The summed E-state index contributed by atoms with van der Waals surface area (Å²) in [5.41, 5.74) is 5.10. The van der Waals surface area contributed by atoms with Gasteiger partial charge in [-0.1, -0.05) is 37.1 Å². The molecule has 4 fully saturated rings.